The van der Waals surface area contributed by atoms with Gasteiger partial charge in [0.1, 0.15) is 0 Å². The average molecular weight is 247 g/mol. The Labute approximate surface area is 106 Å². The molecule has 3 heteroatoms. The van der Waals surface area contributed by atoms with Crippen LogP contribution >= 0.6 is 11.8 Å². The third-order valence-electron chi connectivity index (χ3n) is 2.61. The van der Waals surface area contributed by atoms with E-state index in [4.69, 9.17) is 4.74 Å². The summed E-state index contributed by atoms with van der Waals surface area (Å²) in [4.78, 5) is 0. The molecule has 1 unspecified atom stereocenters. The molecule has 1 atom stereocenters. The van der Waals surface area contributed by atoms with Crippen LogP contribution in [0.1, 0.15) is 40.5 Å². The van der Waals surface area contributed by atoms with Crippen LogP contribution in [0.2, 0.25) is 0 Å². The van der Waals surface area contributed by atoms with Crippen LogP contribution in [0.4, 0.5) is 0 Å². The molecule has 0 aromatic carbocycles. The zero-order valence-electron chi connectivity index (χ0n) is 11.6. The third kappa shape index (κ3) is 8.43. The lowest BCUT2D eigenvalue weighted by molar-refractivity contribution is 0.200. The number of methoxy groups -OCH3 is 1. The summed E-state index contributed by atoms with van der Waals surface area (Å²) < 4.78 is 5.05. The third-order valence-corrected chi connectivity index (χ3v) is 3.75. The van der Waals surface area contributed by atoms with Gasteiger partial charge in [0.05, 0.1) is 0 Å². The van der Waals surface area contributed by atoms with Gasteiger partial charge in [0.25, 0.3) is 0 Å². The summed E-state index contributed by atoms with van der Waals surface area (Å²) in [5, 5.41) is 3.65. The largest absolute Gasteiger partial charge is 0.385 e. The Balaban J connectivity index is 3.75. The summed E-state index contributed by atoms with van der Waals surface area (Å²) in [6.45, 7) is 11.2. The van der Waals surface area contributed by atoms with Crippen LogP contribution < -0.4 is 5.32 Å². The van der Waals surface area contributed by atoms with Crippen LogP contribution in [-0.4, -0.2) is 37.8 Å². The lowest BCUT2D eigenvalue weighted by Gasteiger charge is -2.31. The van der Waals surface area contributed by atoms with Crippen LogP contribution in [-0.2, 0) is 4.74 Å². The predicted octanol–water partition coefficient (Wildman–Crippen LogP) is 3.17. The molecular formula is C13H29NOS. The van der Waals surface area contributed by atoms with Crippen LogP contribution in [0, 0.1) is 5.41 Å². The minimum absolute atomic E-state index is 0.351. The Kier molecular flexibility index (Phi) is 9.47. The van der Waals surface area contributed by atoms with Gasteiger partial charge in [-0.05, 0) is 30.6 Å². The molecule has 0 rings (SSSR count). The first-order valence-electron chi connectivity index (χ1n) is 6.32. The van der Waals surface area contributed by atoms with Crippen molar-refractivity contribution in [3.63, 3.8) is 0 Å². The van der Waals surface area contributed by atoms with Crippen LogP contribution in [0.5, 0.6) is 0 Å². The van der Waals surface area contributed by atoms with E-state index >= 15 is 0 Å². The molecule has 0 aromatic heterocycles. The van der Waals surface area contributed by atoms with E-state index in [2.05, 4.69) is 33.0 Å². The lowest BCUT2D eigenvalue weighted by Crippen LogP contribution is -2.42. The van der Waals surface area contributed by atoms with Gasteiger partial charge in [0.15, 0.2) is 0 Å². The quantitative estimate of drug-likeness (QED) is 0.632. The van der Waals surface area contributed by atoms with Crippen molar-refractivity contribution < 1.29 is 4.74 Å². The maximum Gasteiger partial charge on any atom is 0.0470 e. The molecule has 0 radical (unpaired) electrons. The second-order valence-corrected chi connectivity index (χ2v) is 6.44. The molecule has 0 heterocycles. The van der Waals surface area contributed by atoms with Crippen molar-refractivity contribution in [1.29, 1.82) is 0 Å². The number of rotatable bonds is 9. The Morgan fingerprint density at radius 2 is 2.00 bits per heavy atom. The fourth-order valence-corrected chi connectivity index (χ4v) is 2.78. The summed E-state index contributed by atoms with van der Waals surface area (Å²) in [7, 11) is 1.77. The van der Waals surface area contributed by atoms with Gasteiger partial charge in [-0.15, -0.1) is 0 Å². The van der Waals surface area contributed by atoms with Crippen molar-refractivity contribution in [3.05, 3.63) is 0 Å². The SMILES string of the molecule is CCCNC(CSCCCOC)C(C)(C)C. The molecular weight excluding hydrogens is 218 g/mol. The molecule has 0 spiro atoms. The highest BCUT2D eigenvalue weighted by molar-refractivity contribution is 7.99. The van der Waals surface area contributed by atoms with E-state index in [1.165, 1.54) is 17.9 Å². The van der Waals surface area contributed by atoms with Gasteiger partial charge in [-0.25, -0.2) is 0 Å². The second-order valence-electron chi connectivity index (χ2n) is 5.29. The number of hydrogen-bond acceptors (Lipinski definition) is 3. The molecule has 16 heavy (non-hydrogen) atoms. The fraction of sp³-hybridized carbons (Fsp3) is 1.00. The van der Waals surface area contributed by atoms with Gasteiger partial charge in [0, 0.05) is 25.5 Å². The maximum atomic E-state index is 5.05. The first-order chi connectivity index (χ1) is 7.52. The average Bonchev–Trinajstić information content (AvgIpc) is 2.20. The maximum absolute atomic E-state index is 5.05. The fourth-order valence-electron chi connectivity index (χ4n) is 1.44. The number of hydrogen-bond donors (Lipinski definition) is 1. The van der Waals surface area contributed by atoms with E-state index in [1.807, 2.05) is 11.8 Å². The van der Waals surface area contributed by atoms with Crippen LogP contribution in [0.3, 0.4) is 0 Å². The molecule has 1 N–H and O–H groups in total. The summed E-state index contributed by atoms with van der Waals surface area (Å²) >= 11 is 2.04. The molecule has 0 aliphatic heterocycles. The van der Waals surface area contributed by atoms with Crippen molar-refractivity contribution in [2.75, 3.05) is 31.8 Å². The Morgan fingerprint density at radius 1 is 1.31 bits per heavy atom. The highest BCUT2D eigenvalue weighted by Gasteiger charge is 2.23. The van der Waals surface area contributed by atoms with Gasteiger partial charge < -0.3 is 10.1 Å². The summed E-state index contributed by atoms with van der Waals surface area (Å²) in [5.41, 5.74) is 0.351. The van der Waals surface area contributed by atoms with E-state index in [0.717, 1.165) is 19.6 Å². The zero-order chi connectivity index (χ0) is 12.4. The topological polar surface area (TPSA) is 21.3 Å². The summed E-state index contributed by atoms with van der Waals surface area (Å²) in [5.74, 6) is 2.40. The molecule has 0 saturated carbocycles. The van der Waals surface area contributed by atoms with Gasteiger partial charge in [-0.2, -0.15) is 11.8 Å². The number of nitrogens with one attached hydrogen (secondary N) is 1. The molecule has 0 amide bonds. The van der Waals surface area contributed by atoms with Crippen molar-refractivity contribution in [2.24, 2.45) is 5.41 Å². The lowest BCUT2D eigenvalue weighted by atomic mass is 9.88. The highest BCUT2D eigenvalue weighted by Crippen LogP contribution is 2.22. The molecule has 0 aliphatic carbocycles. The van der Waals surface area contributed by atoms with Gasteiger partial charge in [0.2, 0.25) is 0 Å². The summed E-state index contributed by atoms with van der Waals surface area (Å²) in [6.07, 6.45) is 2.37. The van der Waals surface area contributed by atoms with E-state index in [9.17, 15) is 0 Å². The molecule has 0 aliphatic rings. The minimum atomic E-state index is 0.351. The van der Waals surface area contributed by atoms with Crippen LogP contribution in [0.25, 0.3) is 0 Å². The Morgan fingerprint density at radius 3 is 2.50 bits per heavy atom. The monoisotopic (exact) mass is 247 g/mol. The van der Waals surface area contributed by atoms with E-state index in [0.29, 0.717) is 11.5 Å². The first-order valence-corrected chi connectivity index (χ1v) is 7.48. The molecule has 2 nitrogen and oxygen atoms in total. The minimum Gasteiger partial charge on any atom is -0.385 e. The zero-order valence-corrected chi connectivity index (χ0v) is 12.5. The Bertz CT molecular complexity index is 157. The van der Waals surface area contributed by atoms with Crippen molar-refractivity contribution >= 4 is 11.8 Å². The van der Waals surface area contributed by atoms with Crippen molar-refractivity contribution in [1.82, 2.24) is 5.32 Å². The second kappa shape index (κ2) is 9.32. The number of ether oxygens (including phenoxy) is 1. The van der Waals surface area contributed by atoms with Crippen molar-refractivity contribution in [2.45, 2.75) is 46.6 Å². The molecule has 0 aromatic rings. The first kappa shape index (κ1) is 16.3. The standard InChI is InChI=1S/C13H29NOS/c1-6-8-14-12(13(2,3)4)11-16-10-7-9-15-5/h12,14H,6-11H2,1-5H3. The molecule has 0 bridgehead atoms. The van der Waals surface area contributed by atoms with Crippen molar-refractivity contribution in [3.8, 4) is 0 Å². The molecule has 98 valence electrons. The molecule has 0 saturated heterocycles. The van der Waals surface area contributed by atoms with Gasteiger partial charge >= 0.3 is 0 Å². The summed E-state index contributed by atoms with van der Waals surface area (Å²) in [6, 6.07) is 0.611. The van der Waals surface area contributed by atoms with Gasteiger partial charge in [-0.1, -0.05) is 27.7 Å². The molecule has 0 fully saturated rings. The van der Waals surface area contributed by atoms with E-state index in [1.54, 1.807) is 7.11 Å². The van der Waals surface area contributed by atoms with E-state index in [-0.39, 0.29) is 0 Å². The normalized spacial score (nSPS) is 14.1. The van der Waals surface area contributed by atoms with Crippen LogP contribution in [0.15, 0.2) is 0 Å². The smallest absolute Gasteiger partial charge is 0.0470 e. The number of thioether (sulfide) groups is 1. The highest BCUT2D eigenvalue weighted by atomic mass is 32.2. The Hall–Kier alpha value is 0.270. The van der Waals surface area contributed by atoms with E-state index < -0.39 is 0 Å². The predicted molar refractivity (Wildman–Crippen MR) is 75.4 cm³/mol. The van der Waals surface area contributed by atoms with Gasteiger partial charge in [-0.3, -0.25) is 0 Å².